The summed E-state index contributed by atoms with van der Waals surface area (Å²) in [6.07, 6.45) is 0.276. The van der Waals surface area contributed by atoms with E-state index in [1.165, 1.54) is 0 Å². The standard InChI is InChI=1S/C18H15N3OS/c22-16-10-15(13-8-4-5-9-14(13)16)18-20-19-17(11-23)21(18)12-6-2-1-3-7-12/h1-9,11,15,17,19H,10H2. The van der Waals surface area contributed by atoms with Gasteiger partial charge in [-0.1, -0.05) is 54.7 Å². The minimum Gasteiger partial charge on any atom is -0.301 e. The summed E-state index contributed by atoms with van der Waals surface area (Å²) < 4.78 is 0. The lowest BCUT2D eigenvalue weighted by Gasteiger charge is -2.27. The first-order valence-electron chi connectivity index (χ1n) is 7.54. The summed E-state index contributed by atoms with van der Waals surface area (Å²) >= 11 is 5.15. The molecule has 0 aromatic heterocycles. The Hall–Kier alpha value is -2.53. The fraction of sp³-hybridized carbons (Fsp3) is 0.167. The number of benzene rings is 2. The van der Waals surface area contributed by atoms with E-state index in [9.17, 15) is 4.79 Å². The van der Waals surface area contributed by atoms with Crippen molar-refractivity contribution in [2.75, 3.05) is 4.90 Å². The molecule has 2 atom stereocenters. The maximum atomic E-state index is 12.3. The maximum absolute atomic E-state index is 12.3. The van der Waals surface area contributed by atoms with Gasteiger partial charge in [0.2, 0.25) is 0 Å². The lowest BCUT2D eigenvalue weighted by molar-refractivity contribution is 0.0993. The number of rotatable bonds is 3. The molecule has 1 heterocycles. The molecule has 1 N–H and O–H groups in total. The molecule has 5 heteroatoms. The van der Waals surface area contributed by atoms with E-state index in [2.05, 4.69) is 15.4 Å². The number of carbonyl (C=O) groups is 1. The highest BCUT2D eigenvalue weighted by atomic mass is 32.1. The normalized spacial score (nSPS) is 22.5. The predicted octanol–water partition coefficient (Wildman–Crippen LogP) is 3.11. The average Bonchev–Trinajstić information content (AvgIpc) is 3.17. The molecular formula is C18H15N3OS. The number of carbonyl (C=O) groups excluding carboxylic acids is 1. The first-order chi connectivity index (χ1) is 11.3. The van der Waals surface area contributed by atoms with Gasteiger partial charge in [0.05, 0.1) is 5.92 Å². The first kappa shape index (κ1) is 14.1. The fourth-order valence-corrected chi connectivity index (χ4v) is 3.48. The third-order valence-corrected chi connectivity index (χ3v) is 4.60. The summed E-state index contributed by atoms with van der Waals surface area (Å²) in [5, 5.41) is 6.16. The first-order valence-corrected chi connectivity index (χ1v) is 8.01. The molecule has 0 spiro atoms. The zero-order valence-electron chi connectivity index (χ0n) is 12.3. The minimum absolute atomic E-state index is 0.0358. The number of para-hydroxylation sites is 1. The Bertz CT molecular complexity index is 803. The number of nitrogens with zero attached hydrogens (tertiary/aromatic N) is 2. The van der Waals surface area contributed by atoms with Crippen LogP contribution in [0.25, 0.3) is 0 Å². The zero-order chi connectivity index (χ0) is 15.8. The summed E-state index contributed by atoms with van der Waals surface area (Å²) in [5.41, 5.74) is 5.93. The number of amidine groups is 1. The van der Waals surface area contributed by atoms with Gasteiger partial charge in [0.15, 0.2) is 5.78 Å². The number of hydrogen-bond acceptors (Lipinski definition) is 5. The van der Waals surface area contributed by atoms with Crippen LogP contribution >= 0.6 is 12.2 Å². The second-order valence-corrected chi connectivity index (χ2v) is 5.92. The number of fused-ring (bicyclic) bond motifs is 1. The van der Waals surface area contributed by atoms with E-state index in [1.54, 1.807) is 5.37 Å². The number of ketones is 1. The van der Waals surface area contributed by atoms with Crippen molar-refractivity contribution in [2.45, 2.75) is 18.5 Å². The maximum Gasteiger partial charge on any atom is 0.164 e. The molecule has 0 saturated heterocycles. The van der Waals surface area contributed by atoms with Crippen molar-refractivity contribution < 1.29 is 4.79 Å². The molecule has 2 unspecified atom stereocenters. The van der Waals surface area contributed by atoms with Crippen LogP contribution in [0.15, 0.2) is 59.7 Å². The highest BCUT2D eigenvalue weighted by Crippen LogP contribution is 2.37. The van der Waals surface area contributed by atoms with Crippen LogP contribution in [0.1, 0.15) is 28.3 Å². The molecule has 0 fully saturated rings. The summed E-state index contributed by atoms with van der Waals surface area (Å²) in [4.78, 5) is 14.4. The molecule has 1 aliphatic carbocycles. The lowest BCUT2D eigenvalue weighted by atomic mass is 9.99. The molecule has 0 bridgehead atoms. The van der Waals surface area contributed by atoms with Crippen LogP contribution in [0.5, 0.6) is 0 Å². The van der Waals surface area contributed by atoms with Crippen molar-refractivity contribution in [1.82, 2.24) is 5.43 Å². The fourth-order valence-electron chi connectivity index (χ4n) is 3.30. The van der Waals surface area contributed by atoms with Gasteiger partial charge in [-0.3, -0.25) is 10.2 Å². The molecule has 0 saturated carbocycles. The van der Waals surface area contributed by atoms with E-state index < -0.39 is 0 Å². The van der Waals surface area contributed by atoms with Gasteiger partial charge in [-0.2, -0.15) is 5.10 Å². The van der Waals surface area contributed by atoms with Gasteiger partial charge in [0.1, 0.15) is 12.0 Å². The van der Waals surface area contributed by atoms with E-state index in [0.717, 1.165) is 22.6 Å². The van der Waals surface area contributed by atoms with Crippen LogP contribution in [0, 0.1) is 0 Å². The van der Waals surface area contributed by atoms with Gasteiger partial charge < -0.3 is 4.90 Å². The van der Waals surface area contributed by atoms with Crippen LogP contribution in [0.4, 0.5) is 5.69 Å². The van der Waals surface area contributed by atoms with Gasteiger partial charge in [0.25, 0.3) is 0 Å². The number of hydrazone groups is 1. The largest absolute Gasteiger partial charge is 0.301 e. The second kappa shape index (κ2) is 5.59. The third-order valence-electron chi connectivity index (χ3n) is 4.34. The van der Waals surface area contributed by atoms with Crippen molar-refractivity contribution >= 4 is 34.9 Å². The molecule has 4 nitrogen and oxygen atoms in total. The highest BCUT2D eigenvalue weighted by Gasteiger charge is 2.39. The van der Waals surface area contributed by atoms with Crippen LogP contribution in [-0.4, -0.2) is 23.2 Å². The molecule has 2 aliphatic rings. The van der Waals surface area contributed by atoms with Gasteiger partial charge in [-0.15, -0.1) is 0 Å². The zero-order valence-corrected chi connectivity index (χ0v) is 13.2. The molecule has 2 aromatic carbocycles. The summed E-state index contributed by atoms with van der Waals surface area (Å²) in [5.74, 6) is 0.985. The molecule has 1 aliphatic heterocycles. The van der Waals surface area contributed by atoms with E-state index >= 15 is 0 Å². The highest BCUT2D eigenvalue weighted by molar-refractivity contribution is 7.79. The molecule has 2 aromatic rings. The number of Topliss-reactive ketones (excluding diaryl/α,β-unsaturated/α-hetero) is 1. The Morgan fingerprint density at radius 3 is 2.65 bits per heavy atom. The molecular weight excluding hydrogens is 306 g/mol. The Morgan fingerprint density at radius 2 is 1.87 bits per heavy atom. The summed E-state index contributed by atoms with van der Waals surface area (Å²) in [6, 6.07) is 17.8. The summed E-state index contributed by atoms with van der Waals surface area (Å²) in [7, 11) is 0. The second-order valence-electron chi connectivity index (χ2n) is 5.65. The van der Waals surface area contributed by atoms with Gasteiger partial charge in [0, 0.05) is 23.0 Å². The summed E-state index contributed by atoms with van der Waals surface area (Å²) in [6.45, 7) is 0. The van der Waals surface area contributed by atoms with Crippen LogP contribution in [0.3, 0.4) is 0 Å². The quantitative estimate of drug-likeness (QED) is 0.882. The Labute approximate surface area is 139 Å². The molecule has 114 valence electrons. The van der Waals surface area contributed by atoms with E-state index in [1.807, 2.05) is 54.6 Å². The van der Waals surface area contributed by atoms with Gasteiger partial charge in [-0.25, -0.2) is 0 Å². The van der Waals surface area contributed by atoms with Crippen LogP contribution in [0.2, 0.25) is 0 Å². The number of anilines is 1. The number of thiocarbonyl (C=S) groups is 1. The third kappa shape index (κ3) is 2.24. The lowest BCUT2D eigenvalue weighted by Crippen LogP contribution is -2.42. The molecule has 23 heavy (non-hydrogen) atoms. The Morgan fingerprint density at radius 1 is 1.13 bits per heavy atom. The van der Waals surface area contributed by atoms with E-state index in [0.29, 0.717) is 6.42 Å². The van der Waals surface area contributed by atoms with E-state index in [-0.39, 0.29) is 17.9 Å². The SMILES string of the molecule is O=C1CC(C2=NNC(C=S)N2c2ccccc2)c2ccccc21. The van der Waals surface area contributed by atoms with Crippen molar-refractivity contribution in [3.8, 4) is 0 Å². The monoisotopic (exact) mass is 321 g/mol. The Kier molecular flexibility index (Phi) is 3.42. The predicted molar refractivity (Wildman–Crippen MR) is 95.1 cm³/mol. The van der Waals surface area contributed by atoms with Gasteiger partial charge >= 0.3 is 0 Å². The number of hydrogen-bond donors (Lipinski definition) is 1. The average molecular weight is 321 g/mol. The molecule has 4 rings (SSSR count). The topological polar surface area (TPSA) is 44.7 Å². The van der Waals surface area contributed by atoms with Crippen molar-refractivity contribution in [2.24, 2.45) is 5.10 Å². The van der Waals surface area contributed by atoms with Crippen LogP contribution < -0.4 is 10.3 Å². The van der Waals surface area contributed by atoms with Crippen molar-refractivity contribution in [3.63, 3.8) is 0 Å². The van der Waals surface area contributed by atoms with Crippen molar-refractivity contribution in [3.05, 3.63) is 65.7 Å². The Balaban J connectivity index is 1.77. The van der Waals surface area contributed by atoms with E-state index in [4.69, 9.17) is 12.2 Å². The van der Waals surface area contributed by atoms with Crippen molar-refractivity contribution in [1.29, 1.82) is 0 Å². The minimum atomic E-state index is -0.176. The molecule has 0 radical (unpaired) electrons. The number of nitrogens with one attached hydrogen (secondary N) is 1. The smallest absolute Gasteiger partial charge is 0.164 e. The van der Waals surface area contributed by atoms with Crippen LogP contribution in [-0.2, 0) is 0 Å². The van der Waals surface area contributed by atoms with Gasteiger partial charge in [-0.05, 0) is 17.7 Å². The molecule has 0 amide bonds.